The van der Waals surface area contributed by atoms with E-state index in [-0.39, 0.29) is 17.7 Å². The summed E-state index contributed by atoms with van der Waals surface area (Å²) in [6.45, 7) is 0.875. The van der Waals surface area contributed by atoms with Crippen molar-refractivity contribution in [1.29, 1.82) is 0 Å². The highest BCUT2D eigenvalue weighted by Gasteiger charge is 2.42. The van der Waals surface area contributed by atoms with E-state index in [1.54, 1.807) is 24.3 Å². The molecule has 0 heterocycles. The Morgan fingerprint density at radius 3 is 2.55 bits per heavy atom. The number of hydrogen-bond acceptors (Lipinski definition) is 2. The van der Waals surface area contributed by atoms with Crippen molar-refractivity contribution < 1.29 is 9.59 Å². The van der Waals surface area contributed by atoms with Crippen LogP contribution in [0.2, 0.25) is 5.02 Å². The smallest absolute Gasteiger partial charge is 0.252 e. The van der Waals surface area contributed by atoms with Crippen LogP contribution in [0.3, 0.4) is 0 Å². The monoisotopic (exact) mass is 320 g/mol. The van der Waals surface area contributed by atoms with E-state index in [4.69, 9.17) is 11.6 Å². The van der Waals surface area contributed by atoms with E-state index in [1.807, 2.05) is 0 Å². The SMILES string of the molecule is O=C(NCCNC(=O)[C@H]1C[C@H]2CC[C@H]1C2)c1ccccc1Cl. The fourth-order valence-corrected chi connectivity index (χ4v) is 4.02. The molecular formula is C17H21ClN2O2. The molecule has 0 unspecified atom stereocenters. The normalized spacial score (nSPS) is 26.0. The first kappa shape index (κ1) is 15.3. The third-order valence-electron chi connectivity index (χ3n) is 4.90. The molecule has 3 rings (SSSR count). The number of halogens is 1. The van der Waals surface area contributed by atoms with E-state index >= 15 is 0 Å². The quantitative estimate of drug-likeness (QED) is 0.819. The summed E-state index contributed by atoms with van der Waals surface area (Å²) in [6.07, 6.45) is 4.76. The Morgan fingerprint density at radius 2 is 1.86 bits per heavy atom. The van der Waals surface area contributed by atoms with Crippen LogP contribution in [-0.4, -0.2) is 24.9 Å². The second-order valence-corrected chi connectivity index (χ2v) is 6.72. The maximum atomic E-state index is 12.2. The predicted molar refractivity (Wildman–Crippen MR) is 85.7 cm³/mol. The van der Waals surface area contributed by atoms with Gasteiger partial charge in [-0.2, -0.15) is 0 Å². The molecule has 2 amide bonds. The first-order chi connectivity index (χ1) is 10.6. The molecule has 0 radical (unpaired) electrons. The van der Waals surface area contributed by atoms with Gasteiger partial charge in [0.15, 0.2) is 0 Å². The summed E-state index contributed by atoms with van der Waals surface area (Å²) in [6, 6.07) is 6.94. The minimum Gasteiger partial charge on any atom is -0.354 e. The average Bonchev–Trinajstić information content (AvgIpc) is 3.14. The lowest BCUT2D eigenvalue weighted by Gasteiger charge is -2.20. The highest BCUT2D eigenvalue weighted by Crippen LogP contribution is 2.48. The third-order valence-corrected chi connectivity index (χ3v) is 5.23. The van der Waals surface area contributed by atoms with Crippen LogP contribution in [0.15, 0.2) is 24.3 Å². The van der Waals surface area contributed by atoms with Crippen molar-refractivity contribution in [2.24, 2.45) is 17.8 Å². The zero-order chi connectivity index (χ0) is 15.5. The molecule has 4 nitrogen and oxygen atoms in total. The highest BCUT2D eigenvalue weighted by atomic mass is 35.5. The standard InChI is InChI=1S/C17H21ClN2O2/c18-15-4-2-1-3-13(15)16(21)19-7-8-20-17(22)14-10-11-5-6-12(14)9-11/h1-4,11-12,14H,5-10H2,(H,19,21)(H,20,22)/t11-,12-,14-/m0/s1. The lowest BCUT2D eigenvalue weighted by atomic mass is 9.88. The molecule has 1 aromatic rings. The molecule has 2 N–H and O–H groups in total. The van der Waals surface area contributed by atoms with Gasteiger partial charge in [-0.15, -0.1) is 0 Å². The number of carbonyl (C=O) groups excluding carboxylic acids is 2. The van der Waals surface area contributed by atoms with Crippen molar-refractivity contribution in [2.75, 3.05) is 13.1 Å². The lowest BCUT2D eigenvalue weighted by molar-refractivity contribution is -0.126. The molecule has 0 saturated heterocycles. The number of benzene rings is 1. The van der Waals surface area contributed by atoms with Crippen molar-refractivity contribution >= 4 is 23.4 Å². The number of fused-ring (bicyclic) bond motifs is 2. The van der Waals surface area contributed by atoms with Crippen LogP contribution < -0.4 is 10.6 Å². The minimum absolute atomic E-state index is 0.152. The zero-order valence-electron chi connectivity index (χ0n) is 12.5. The number of nitrogens with one attached hydrogen (secondary N) is 2. The van der Waals surface area contributed by atoms with Gasteiger partial charge in [-0.25, -0.2) is 0 Å². The fraction of sp³-hybridized carbons (Fsp3) is 0.529. The van der Waals surface area contributed by atoms with Crippen LogP contribution in [0.5, 0.6) is 0 Å². The first-order valence-corrected chi connectivity index (χ1v) is 8.33. The van der Waals surface area contributed by atoms with Gasteiger partial charge < -0.3 is 10.6 Å². The largest absolute Gasteiger partial charge is 0.354 e. The molecule has 2 aliphatic rings. The van der Waals surface area contributed by atoms with E-state index in [0.717, 1.165) is 12.3 Å². The fourth-order valence-electron chi connectivity index (χ4n) is 3.80. The van der Waals surface area contributed by atoms with Gasteiger partial charge in [0.05, 0.1) is 10.6 Å². The minimum atomic E-state index is -0.209. The number of hydrogen-bond donors (Lipinski definition) is 2. The molecule has 0 spiro atoms. The van der Waals surface area contributed by atoms with Gasteiger partial charge >= 0.3 is 0 Å². The van der Waals surface area contributed by atoms with Crippen LogP contribution in [0.25, 0.3) is 0 Å². The second-order valence-electron chi connectivity index (χ2n) is 6.31. The summed E-state index contributed by atoms with van der Waals surface area (Å²) in [5.41, 5.74) is 0.462. The summed E-state index contributed by atoms with van der Waals surface area (Å²) < 4.78 is 0. The lowest BCUT2D eigenvalue weighted by Crippen LogP contribution is -2.39. The Bertz CT molecular complexity index is 576. The second kappa shape index (κ2) is 6.69. The van der Waals surface area contributed by atoms with Crippen LogP contribution >= 0.6 is 11.6 Å². The molecule has 0 aromatic heterocycles. The number of amides is 2. The van der Waals surface area contributed by atoms with E-state index in [0.29, 0.717) is 29.6 Å². The topological polar surface area (TPSA) is 58.2 Å². The van der Waals surface area contributed by atoms with Gasteiger partial charge in [-0.05, 0) is 43.2 Å². The van der Waals surface area contributed by atoms with Crippen LogP contribution in [0, 0.1) is 17.8 Å². The van der Waals surface area contributed by atoms with Gasteiger partial charge in [-0.3, -0.25) is 9.59 Å². The summed E-state index contributed by atoms with van der Waals surface area (Å²) in [5.74, 6) is 1.49. The molecule has 2 fully saturated rings. The molecular weight excluding hydrogens is 300 g/mol. The predicted octanol–water partition coefficient (Wildman–Crippen LogP) is 2.62. The van der Waals surface area contributed by atoms with Crippen LogP contribution in [0.1, 0.15) is 36.0 Å². The van der Waals surface area contributed by atoms with Crippen molar-refractivity contribution in [3.05, 3.63) is 34.9 Å². The Hall–Kier alpha value is -1.55. The van der Waals surface area contributed by atoms with E-state index in [2.05, 4.69) is 10.6 Å². The van der Waals surface area contributed by atoms with Crippen molar-refractivity contribution in [3.8, 4) is 0 Å². The van der Waals surface area contributed by atoms with E-state index in [9.17, 15) is 9.59 Å². The van der Waals surface area contributed by atoms with Gasteiger partial charge in [0.1, 0.15) is 0 Å². The number of carbonyl (C=O) groups is 2. The molecule has 1 aromatic carbocycles. The molecule has 0 aliphatic heterocycles. The molecule has 5 heteroatoms. The number of rotatable bonds is 5. The Balaban J connectivity index is 1.39. The summed E-state index contributed by atoms with van der Waals surface area (Å²) >= 11 is 5.97. The third kappa shape index (κ3) is 3.27. The maximum Gasteiger partial charge on any atom is 0.252 e. The van der Waals surface area contributed by atoms with Crippen molar-refractivity contribution in [3.63, 3.8) is 0 Å². The van der Waals surface area contributed by atoms with Gasteiger partial charge in [0.2, 0.25) is 5.91 Å². The summed E-state index contributed by atoms with van der Waals surface area (Å²) in [5, 5.41) is 6.16. The Kier molecular flexibility index (Phi) is 4.67. The maximum absolute atomic E-state index is 12.2. The van der Waals surface area contributed by atoms with Crippen molar-refractivity contribution in [1.82, 2.24) is 10.6 Å². The van der Waals surface area contributed by atoms with Gasteiger partial charge in [-0.1, -0.05) is 30.2 Å². The molecule has 2 aliphatic carbocycles. The van der Waals surface area contributed by atoms with Crippen LogP contribution in [0.4, 0.5) is 0 Å². The van der Waals surface area contributed by atoms with E-state index < -0.39 is 0 Å². The molecule has 22 heavy (non-hydrogen) atoms. The summed E-state index contributed by atoms with van der Waals surface area (Å²) in [7, 11) is 0. The van der Waals surface area contributed by atoms with Crippen molar-refractivity contribution in [2.45, 2.75) is 25.7 Å². The summed E-state index contributed by atoms with van der Waals surface area (Å²) in [4.78, 5) is 24.1. The Morgan fingerprint density at radius 1 is 1.09 bits per heavy atom. The molecule has 2 bridgehead atoms. The van der Waals surface area contributed by atoms with Gasteiger partial charge in [0, 0.05) is 19.0 Å². The Labute approximate surface area is 135 Å². The zero-order valence-corrected chi connectivity index (χ0v) is 13.2. The highest BCUT2D eigenvalue weighted by molar-refractivity contribution is 6.33. The van der Waals surface area contributed by atoms with Gasteiger partial charge in [0.25, 0.3) is 5.91 Å². The van der Waals surface area contributed by atoms with Crippen LogP contribution in [-0.2, 0) is 4.79 Å². The van der Waals surface area contributed by atoms with E-state index in [1.165, 1.54) is 19.3 Å². The average molecular weight is 321 g/mol. The molecule has 2 saturated carbocycles. The molecule has 3 atom stereocenters. The molecule has 118 valence electrons. The first-order valence-electron chi connectivity index (χ1n) is 7.95.